The zero-order valence-corrected chi connectivity index (χ0v) is 19.4. The topological polar surface area (TPSA) is 119 Å². The largest absolute Gasteiger partial charge is 0.490 e. The van der Waals surface area contributed by atoms with Gasteiger partial charge in [0.2, 0.25) is 0 Å². The van der Waals surface area contributed by atoms with Gasteiger partial charge in [-0.25, -0.2) is 9.78 Å². The third kappa shape index (κ3) is 8.00. The minimum Gasteiger partial charge on any atom is -0.475 e. The van der Waals surface area contributed by atoms with Crippen LogP contribution in [0.15, 0.2) is 12.1 Å². The maximum absolute atomic E-state index is 10.6. The SMILES string of the molecule is CCc1nc(-c2nnn(C)c2CNC[C@@H](N)CC2CC2)ccc1I.O=C(O)C(F)(F)F. The first-order valence-corrected chi connectivity index (χ1v) is 10.9. The number of nitrogens with zero attached hydrogens (tertiary/aromatic N) is 4. The Morgan fingerprint density at radius 1 is 1.42 bits per heavy atom. The van der Waals surface area contributed by atoms with Gasteiger partial charge in [0, 0.05) is 29.7 Å². The van der Waals surface area contributed by atoms with Gasteiger partial charge in [-0.15, -0.1) is 5.10 Å². The van der Waals surface area contributed by atoms with Gasteiger partial charge < -0.3 is 16.2 Å². The summed E-state index contributed by atoms with van der Waals surface area (Å²) >= 11 is 2.32. The molecular weight excluding hydrogens is 528 g/mol. The van der Waals surface area contributed by atoms with Gasteiger partial charge in [0.25, 0.3) is 0 Å². The van der Waals surface area contributed by atoms with Crippen LogP contribution in [0.25, 0.3) is 11.4 Å². The highest BCUT2D eigenvalue weighted by Crippen LogP contribution is 2.33. The highest BCUT2D eigenvalue weighted by Gasteiger charge is 2.38. The number of halogens is 4. The number of nitrogens with two attached hydrogens (primary N) is 1. The van der Waals surface area contributed by atoms with Crippen molar-refractivity contribution in [3.8, 4) is 11.4 Å². The summed E-state index contributed by atoms with van der Waals surface area (Å²) in [7, 11) is 1.92. The summed E-state index contributed by atoms with van der Waals surface area (Å²) in [5.41, 5.74) is 10.1. The first kappa shape index (κ1) is 25.5. The van der Waals surface area contributed by atoms with Crippen LogP contribution in [-0.2, 0) is 24.8 Å². The molecule has 0 spiro atoms. The maximum atomic E-state index is 10.6. The highest BCUT2D eigenvalue weighted by molar-refractivity contribution is 14.1. The van der Waals surface area contributed by atoms with E-state index in [0.717, 1.165) is 48.1 Å². The Bertz CT molecular complexity index is 886. The van der Waals surface area contributed by atoms with Crippen LogP contribution in [0.3, 0.4) is 0 Å². The quantitative estimate of drug-likeness (QED) is 0.430. The van der Waals surface area contributed by atoms with Gasteiger partial charge in [-0.3, -0.25) is 4.68 Å². The number of carboxylic acids is 1. The van der Waals surface area contributed by atoms with E-state index in [4.69, 9.17) is 20.6 Å². The van der Waals surface area contributed by atoms with Crippen molar-refractivity contribution < 1.29 is 23.1 Å². The number of hydrogen-bond donors (Lipinski definition) is 3. The molecular formula is C19H26F3IN6O2. The van der Waals surface area contributed by atoms with E-state index in [9.17, 15) is 13.2 Å². The number of nitrogens with one attached hydrogen (secondary N) is 1. The number of aryl methyl sites for hydroxylation is 2. The molecule has 3 rings (SSSR count). The Morgan fingerprint density at radius 2 is 2.06 bits per heavy atom. The lowest BCUT2D eigenvalue weighted by Crippen LogP contribution is -2.34. The fraction of sp³-hybridized carbons (Fsp3) is 0.579. The van der Waals surface area contributed by atoms with E-state index in [1.807, 2.05) is 17.8 Å². The Balaban J connectivity index is 0.000000423. The second-order valence-electron chi connectivity index (χ2n) is 7.36. The van der Waals surface area contributed by atoms with Crippen molar-refractivity contribution in [2.75, 3.05) is 6.54 Å². The second-order valence-corrected chi connectivity index (χ2v) is 8.52. The average molecular weight is 554 g/mol. The Morgan fingerprint density at radius 3 is 2.61 bits per heavy atom. The van der Waals surface area contributed by atoms with Crippen molar-refractivity contribution in [1.82, 2.24) is 25.3 Å². The van der Waals surface area contributed by atoms with Crippen LogP contribution in [-0.4, -0.2) is 49.8 Å². The molecule has 0 radical (unpaired) electrons. The van der Waals surface area contributed by atoms with Gasteiger partial charge in [0.1, 0.15) is 5.69 Å². The normalized spacial score (nSPS) is 14.7. The molecule has 31 heavy (non-hydrogen) atoms. The summed E-state index contributed by atoms with van der Waals surface area (Å²) in [5, 5.41) is 19.1. The number of alkyl halides is 3. The van der Waals surface area contributed by atoms with Crippen LogP contribution in [0.2, 0.25) is 0 Å². The molecule has 1 aliphatic rings. The van der Waals surface area contributed by atoms with Gasteiger partial charge in [-0.05, 0) is 53.5 Å². The molecule has 1 atom stereocenters. The zero-order chi connectivity index (χ0) is 23.2. The van der Waals surface area contributed by atoms with Gasteiger partial charge >= 0.3 is 12.1 Å². The van der Waals surface area contributed by atoms with Crippen molar-refractivity contribution in [3.05, 3.63) is 27.1 Å². The van der Waals surface area contributed by atoms with E-state index in [1.165, 1.54) is 16.4 Å². The van der Waals surface area contributed by atoms with Gasteiger partial charge in [0.15, 0.2) is 0 Å². The number of carbonyl (C=O) groups is 1. The molecule has 0 bridgehead atoms. The molecule has 12 heteroatoms. The summed E-state index contributed by atoms with van der Waals surface area (Å²) in [4.78, 5) is 13.6. The average Bonchev–Trinajstić information content (AvgIpc) is 3.43. The van der Waals surface area contributed by atoms with Crippen molar-refractivity contribution in [3.63, 3.8) is 0 Å². The fourth-order valence-electron chi connectivity index (χ4n) is 2.88. The Labute approximate surface area is 191 Å². The lowest BCUT2D eigenvalue weighted by Gasteiger charge is -2.13. The Kier molecular flexibility index (Phi) is 9.18. The summed E-state index contributed by atoms with van der Waals surface area (Å²) in [5.74, 6) is -1.90. The molecule has 2 heterocycles. The second kappa shape index (κ2) is 11.2. The molecule has 0 aliphatic heterocycles. The standard InChI is InChI=1S/C17H25IN6.C2HF3O2/c1-3-14-13(18)6-7-15(21-14)17-16(24(2)23-22-17)10-20-9-12(19)8-11-4-5-11;3-2(4,5)1(6)7/h6-7,11-12,20H,3-5,8-10,19H2,1-2H3;(H,6,7)/t12-;/m0./s1. The first-order valence-electron chi connectivity index (χ1n) is 9.83. The lowest BCUT2D eigenvalue weighted by atomic mass is 10.1. The summed E-state index contributed by atoms with van der Waals surface area (Å²) in [6.45, 7) is 3.64. The monoisotopic (exact) mass is 554 g/mol. The zero-order valence-electron chi connectivity index (χ0n) is 17.3. The van der Waals surface area contributed by atoms with Crippen molar-refractivity contribution >= 4 is 28.6 Å². The van der Waals surface area contributed by atoms with Crippen molar-refractivity contribution in [2.45, 2.75) is 51.4 Å². The fourth-order valence-corrected chi connectivity index (χ4v) is 3.56. The smallest absolute Gasteiger partial charge is 0.475 e. The van der Waals surface area contributed by atoms with E-state index in [2.05, 4.69) is 51.2 Å². The van der Waals surface area contributed by atoms with Gasteiger partial charge in [-0.1, -0.05) is 25.0 Å². The number of carboxylic acid groups (broad SMARTS) is 1. The summed E-state index contributed by atoms with van der Waals surface area (Å²) in [6.07, 6.45) is -0.346. The third-order valence-electron chi connectivity index (χ3n) is 4.71. The lowest BCUT2D eigenvalue weighted by molar-refractivity contribution is -0.192. The molecule has 8 nitrogen and oxygen atoms in total. The minimum atomic E-state index is -5.08. The van der Waals surface area contributed by atoms with Crippen LogP contribution in [0, 0.1) is 9.49 Å². The van der Waals surface area contributed by atoms with Crippen molar-refractivity contribution in [2.24, 2.45) is 18.7 Å². The van der Waals surface area contributed by atoms with E-state index >= 15 is 0 Å². The number of aromatic nitrogens is 4. The summed E-state index contributed by atoms with van der Waals surface area (Å²) in [6, 6.07) is 4.34. The Hall–Kier alpha value is -1.80. The molecule has 0 amide bonds. The summed E-state index contributed by atoms with van der Waals surface area (Å²) < 4.78 is 34.7. The first-order chi connectivity index (χ1) is 14.5. The predicted octanol–water partition coefficient (Wildman–Crippen LogP) is 2.89. The van der Waals surface area contributed by atoms with Crippen LogP contribution < -0.4 is 11.1 Å². The van der Waals surface area contributed by atoms with Crippen LogP contribution in [0.4, 0.5) is 13.2 Å². The van der Waals surface area contributed by atoms with E-state index < -0.39 is 12.1 Å². The molecule has 172 valence electrons. The molecule has 2 aromatic heterocycles. The van der Waals surface area contributed by atoms with E-state index in [0.29, 0.717) is 6.54 Å². The van der Waals surface area contributed by atoms with Crippen molar-refractivity contribution in [1.29, 1.82) is 0 Å². The molecule has 1 saturated carbocycles. The van der Waals surface area contributed by atoms with Crippen LogP contribution >= 0.6 is 22.6 Å². The number of rotatable bonds is 8. The van der Waals surface area contributed by atoms with E-state index in [-0.39, 0.29) is 6.04 Å². The molecule has 2 aromatic rings. The van der Waals surface area contributed by atoms with E-state index in [1.54, 1.807) is 0 Å². The predicted molar refractivity (Wildman–Crippen MR) is 117 cm³/mol. The highest BCUT2D eigenvalue weighted by atomic mass is 127. The minimum absolute atomic E-state index is 0.227. The number of pyridine rings is 1. The molecule has 1 fully saturated rings. The molecule has 0 unspecified atom stereocenters. The van der Waals surface area contributed by atoms with Crippen LogP contribution in [0.1, 0.15) is 37.6 Å². The maximum Gasteiger partial charge on any atom is 0.490 e. The third-order valence-corrected chi connectivity index (χ3v) is 5.70. The molecule has 0 saturated heterocycles. The van der Waals surface area contributed by atoms with Gasteiger partial charge in [0.05, 0.1) is 17.1 Å². The number of aliphatic carboxylic acids is 1. The molecule has 4 N–H and O–H groups in total. The number of hydrogen-bond acceptors (Lipinski definition) is 6. The van der Waals surface area contributed by atoms with Gasteiger partial charge in [-0.2, -0.15) is 13.2 Å². The molecule has 0 aromatic carbocycles. The van der Waals surface area contributed by atoms with Crippen LogP contribution in [0.5, 0.6) is 0 Å². The molecule has 1 aliphatic carbocycles.